The molecule has 4 nitrogen and oxygen atoms in total. The Morgan fingerprint density at radius 2 is 1.32 bits per heavy atom. The summed E-state index contributed by atoms with van der Waals surface area (Å²) in [6, 6.07) is 6.89. The highest BCUT2D eigenvalue weighted by Gasteiger charge is 2.18. The molecule has 0 N–H and O–H groups in total. The first kappa shape index (κ1) is 24.2. The van der Waals surface area contributed by atoms with Crippen molar-refractivity contribution >= 4 is 11.9 Å². The van der Waals surface area contributed by atoms with Crippen LogP contribution >= 0.6 is 0 Å². The molecule has 158 valence electrons. The number of unbranched alkanes of at least 4 members (excludes halogenated alkanes) is 8. The Labute approximate surface area is 171 Å². The number of ether oxygens (including phenoxy) is 2. The maximum atomic E-state index is 12.2. The molecule has 0 bridgehead atoms. The fraction of sp³-hybridized carbons (Fsp3) is 0.667. The average molecular weight is 391 g/mol. The largest absolute Gasteiger partial charge is 0.423 e. The molecule has 0 heterocycles. The molecule has 0 saturated carbocycles. The van der Waals surface area contributed by atoms with Gasteiger partial charge in [-0.15, -0.1) is 0 Å². The minimum atomic E-state index is -0.278. The molecular formula is C24H38O4. The highest BCUT2D eigenvalue weighted by Crippen LogP contribution is 2.28. The van der Waals surface area contributed by atoms with Crippen LogP contribution in [0, 0.1) is 5.92 Å². The number of benzene rings is 1. The molecule has 0 saturated heterocycles. The van der Waals surface area contributed by atoms with E-state index in [1.165, 1.54) is 38.5 Å². The van der Waals surface area contributed by atoms with Crippen molar-refractivity contribution in [1.29, 1.82) is 0 Å². The van der Waals surface area contributed by atoms with E-state index in [-0.39, 0.29) is 17.9 Å². The van der Waals surface area contributed by atoms with Gasteiger partial charge in [-0.2, -0.15) is 0 Å². The summed E-state index contributed by atoms with van der Waals surface area (Å²) < 4.78 is 10.9. The fourth-order valence-corrected chi connectivity index (χ4v) is 3.03. The first-order chi connectivity index (χ1) is 13.6. The van der Waals surface area contributed by atoms with Gasteiger partial charge in [0.05, 0.1) is 5.92 Å². The summed E-state index contributed by atoms with van der Waals surface area (Å²) >= 11 is 0. The molecule has 1 atom stereocenters. The Balaban J connectivity index is 2.37. The first-order valence-corrected chi connectivity index (χ1v) is 11.1. The van der Waals surface area contributed by atoms with E-state index in [2.05, 4.69) is 13.8 Å². The quantitative estimate of drug-likeness (QED) is 0.187. The van der Waals surface area contributed by atoms with Crippen LogP contribution in [-0.2, 0) is 9.59 Å². The molecule has 0 aliphatic heterocycles. The average Bonchev–Trinajstić information content (AvgIpc) is 2.69. The standard InChI is InChI=1S/C24H38O4/c1-4-6-8-9-10-11-12-13-19-23(25)27-21-17-14-15-18-22(21)28-24(26)20(3)16-7-5-2/h14-15,17-18,20H,4-13,16,19H2,1-3H3. The number of hydrogen-bond donors (Lipinski definition) is 0. The van der Waals surface area contributed by atoms with Crippen molar-refractivity contribution in [3.63, 3.8) is 0 Å². The Morgan fingerprint density at radius 1 is 0.786 bits per heavy atom. The van der Waals surface area contributed by atoms with Gasteiger partial charge in [0.15, 0.2) is 11.5 Å². The topological polar surface area (TPSA) is 52.6 Å². The molecule has 0 radical (unpaired) electrons. The van der Waals surface area contributed by atoms with Gasteiger partial charge in [-0.05, 0) is 25.0 Å². The highest BCUT2D eigenvalue weighted by molar-refractivity contribution is 5.77. The van der Waals surface area contributed by atoms with Crippen molar-refractivity contribution in [2.75, 3.05) is 0 Å². The fourth-order valence-electron chi connectivity index (χ4n) is 3.03. The van der Waals surface area contributed by atoms with Crippen LogP contribution in [0.1, 0.15) is 97.8 Å². The van der Waals surface area contributed by atoms with Crippen LogP contribution in [0.25, 0.3) is 0 Å². The zero-order valence-corrected chi connectivity index (χ0v) is 18.0. The van der Waals surface area contributed by atoms with Gasteiger partial charge >= 0.3 is 11.9 Å². The van der Waals surface area contributed by atoms with E-state index < -0.39 is 0 Å². The lowest BCUT2D eigenvalue weighted by Crippen LogP contribution is -2.18. The van der Waals surface area contributed by atoms with Crippen molar-refractivity contribution in [3.05, 3.63) is 24.3 Å². The lowest BCUT2D eigenvalue weighted by Gasteiger charge is -2.13. The highest BCUT2D eigenvalue weighted by atomic mass is 16.6. The van der Waals surface area contributed by atoms with E-state index >= 15 is 0 Å². The van der Waals surface area contributed by atoms with Crippen LogP contribution in [0.4, 0.5) is 0 Å². The molecule has 0 aromatic heterocycles. The lowest BCUT2D eigenvalue weighted by atomic mass is 10.1. The van der Waals surface area contributed by atoms with Crippen molar-refractivity contribution < 1.29 is 19.1 Å². The van der Waals surface area contributed by atoms with E-state index in [0.717, 1.165) is 32.1 Å². The first-order valence-electron chi connectivity index (χ1n) is 11.1. The molecular weight excluding hydrogens is 352 g/mol. The van der Waals surface area contributed by atoms with Crippen molar-refractivity contribution in [3.8, 4) is 11.5 Å². The van der Waals surface area contributed by atoms with Gasteiger partial charge in [-0.1, -0.05) is 90.7 Å². The van der Waals surface area contributed by atoms with E-state index in [1.54, 1.807) is 24.3 Å². The Bertz CT molecular complexity index is 567. The van der Waals surface area contributed by atoms with E-state index in [9.17, 15) is 9.59 Å². The van der Waals surface area contributed by atoms with Crippen LogP contribution in [0.15, 0.2) is 24.3 Å². The van der Waals surface area contributed by atoms with Gasteiger partial charge in [-0.25, -0.2) is 0 Å². The minimum absolute atomic E-state index is 0.166. The third-order valence-corrected chi connectivity index (χ3v) is 4.91. The number of para-hydroxylation sites is 2. The maximum Gasteiger partial charge on any atom is 0.314 e. The third-order valence-electron chi connectivity index (χ3n) is 4.91. The molecule has 0 aliphatic carbocycles. The van der Waals surface area contributed by atoms with E-state index in [4.69, 9.17) is 9.47 Å². The van der Waals surface area contributed by atoms with Crippen molar-refractivity contribution in [2.45, 2.75) is 97.8 Å². The predicted molar refractivity (Wildman–Crippen MR) is 114 cm³/mol. The SMILES string of the molecule is CCCCCCCCCCC(=O)Oc1ccccc1OC(=O)C(C)CCCC. The third kappa shape index (κ3) is 10.5. The zero-order valence-electron chi connectivity index (χ0n) is 18.0. The van der Waals surface area contributed by atoms with Gasteiger partial charge in [-0.3, -0.25) is 9.59 Å². The van der Waals surface area contributed by atoms with Gasteiger partial charge in [0, 0.05) is 6.42 Å². The summed E-state index contributed by atoms with van der Waals surface area (Å²) in [4.78, 5) is 24.4. The number of esters is 2. The van der Waals surface area contributed by atoms with Gasteiger partial charge < -0.3 is 9.47 Å². The van der Waals surface area contributed by atoms with Crippen LogP contribution in [0.3, 0.4) is 0 Å². The Hall–Kier alpha value is -1.84. The Morgan fingerprint density at radius 3 is 1.93 bits per heavy atom. The number of carbonyl (C=O) groups excluding carboxylic acids is 2. The second kappa shape index (κ2) is 15.1. The molecule has 1 unspecified atom stereocenters. The molecule has 0 amide bonds. The van der Waals surface area contributed by atoms with Gasteiger partial charge in [0.25, 0.3) is 0 Å². The summed E-state index contributed by atoms with van der Waals surface area (Å²) in [5.41, 5.74) is 0. The Kier molecular flexibility index (Phi) is 13.1. The van der Waals surface area contributed by atoms with Gasteiger partial charge in [0.2, 0.25) is 0 Å². The molecule has 1 aromatic carbocycles. The number of carbonyl (C=O) groups is 2. The molecule has 28 heavy (non-hydrogen) atoms. The second-order valence-corrected chi connectivity index (χ2v) is 7.61. The normalized spacial score (nSPS) is 11.8. The molecule has 1 aromatic rings. The van der Waals surface area contributed by atoms with Gasteiger partial charge in [0.1, 0.15) is 0 Å². The zero-order chi connectivity index (χ0) is 20.6. The molecule has 4 heteroatoms. The molecule has 0 fully saturated rings. The maximum absolute atomic E-state index is 12.2. The van der Waals surface area contributed by atoms with Crippen LogP contribution in [0.5, 0.6) is 11.5 Å². The molecule has 0 spiro atoms. The molecule has 1 rings (SSSR count). The molecule has 0 aliphatic rings. The van der Waals surface area contributed by atoms with E-state index in [0.29, 0.717) is 17.9 Å². The number of rotatable bonds is 15. The summed E-state index contributed by atoms with van der Waals surface area (Å²) in [7, 11) is 0. The monoisotopic (exact) mass is 390 g/mol. The van der Waals surface area contributed by atoms with Crippen LogP contribution < -0.4 is 9.47 Å². The second-order valence-electron chi connectivity index (χ2n) is 7.61. The van der Waals surface area contributed by atoms with Crippen LogP contribution in [-0.4, -0.2) is 11.9 Å². The van der Waals surface area contributed by atoms with E-state index in [1.807, 2.05) is 6.92 Å². The lowest BCUT2D eigenvalue weighted by molar-refractivity contribution is -0.140. The van der Waals surface area contributed by atoms with Crippen molar-refractivity contribution in [2.24, 2.45) is 5.92 Å². The summed E-state index contributed by atoms with van der Waals surface area (Å²) in [6.07, 6.45) is 12.7. The summed E-state index contributed by atoms with van der Waals surface area (Å²) in [5.74, 6) is -0.0715. The van der Waals surface area contributed by atoms with Crippen LogP contribution in [0.2, 0.25) is 0 Å². The summed E-state index contributed by atoms with van der Waals surface area (Å²) in [5, 5.41) is 0. The smallest absolute Gasteiger partial charge is 0.314 e. The predicted octanol–water partition coefficient (Wildman–Crippen LogP) is 6.85. The van der Waals surface area contributed by atoms with Crippen molar-refractivity contribution in [1.82, 2.24) is 0 Å². The minimum Gasteiger partial charge on any atom is -0.423 e. The number of hydrogen-bond acceptors (Lipinski definition) is 4. The summed E-state index contributed by atoms with van der Waals surface area (Å²) in [6.45, 7) is 6.19.